The number of hydrogen-bond donors (Lipinski definition) is 1. The first-order valence-electron chi connectivity index (χ1n) is 3.07. The molecule has 3 nitrogen and oxygen atoms in total. The first-order valence-corrected chi connectivity index (χ1v) is 4.57. The Kier molecular flexibility index (Phi) is 1.77. The van der Waals surface area contributed by atoms with Gasteiger partial charge in [0.25, 0.3) is 10.1 Å². The second-order valence-electron chi connectivity index (χ2n) is 2.42. The van der Waals surface area contributed by atoms with E-state index in [4.69, 9.17) is 4.55 Å². The van der Waals surface area contributed by atoms with E-state index in [9.17, 15) is 8.42 Å². The van der Waals surface area contributed by atoms with Gasteiger partial charge >= 0.3 is 0 Å². The summed E-state index contributed by atoms with van der Waals surface area (Å²) in [6.07, 6.45) is 3.15. The molecule has 0 aromatic heterocycles. The minimum absolute atomic E-state index is 0.461. The molecule has 0 unspecified atom stereocenters. The van der Waals surface area contributed by atoms with Gasteiger partial charge in [0, 0.05) is 0 Å². The van der Waals surface area contributed by atoms with E-state index in [1.807, 2.05) is 0 Å². The lowest BCUT2D eigenvalue weighted by Crippen LogP contribution is -2.15. The first kappa shape index (κ1) is 7.02. The molecular formula is C5H10O3S. The third-order valence-electron chi connectivity index (χ3n) is 1.72. The SMILES string of the molecule is O=S(=O)(O)C1CCCC1. The Bertz CT molecular complexity index is 176. The fourth-order valence-corrected chi connectivity index (χ4v) is 2.12. The lowest BCUT2D eigenvalue weighted by atomic mass is 10.4. The van der Waals surface area contributed by atoms with Crippen LogP contribution in [0.15, 0.2) is 0 Å². The quantitative estimate of drug-likeness (QED) is 0.563. The van der Waals surface area contributed by atoms with E-state index in [2.05, 4.69) is 0 Å². The third kappa shape index (κ3) is 1.66. The van der Waals surface area contributed by atoms with Crippen LogP contribution in [0.5, 0.6) is 0 Å². The Morgan fingerprint density at radius 1 is 1.22 bits per heavy atom. The van der Waals surface area contributed by atoms with Gasteiger partial charge in [-0.2, -0.15) is 8.42 Å². The van der Waals surface area contributed by atoms with Gasteiger partial charge in [-0.25, -0.2) is 0 Å². The lowest BCUT2D eigenvalue weighted by Gasteiger charge is -2.01. The number of rotatable bonds is 1. The van der Waals surface area contributed by atoms with Crippen molar-refractivity contribution in [1.29, 1.82) is 0 Å². The molecule has 1 saturated carbocycles. The zero-order valence-corrected chi connectivity index (χ0v) is 5.89. The Hall–Kier alpha value is -0.0900. The van der Waals surface area contributed by atoms with E-state index >= 15 is 0 Å². The van der Waals surface area contributed by atoms with Crippen LogP contribution in [0, 0.1) is 0 Å². The van der Waals surface area contributed by atoms with E-state index < -0.39 is 15.4 Å². The summed E-state index contributed by atoms with van der Waals surface area (Å²) >= 11 is 0. The molecule has 0 aliphatic heterocycles. The average molecular weight is 150 g/mol. The molecule has 0 amide bonds. The van der Waals surface area contributed by atoms with Crippen LogP contribution in [0.2, 0.25) is 0 Å². The van der Waals surface area contributed by atoms with Crippen LogP contribution in [0.3, 0.4) is 0 Å². The average Bonchev–Trinajstić information content (AvgIpc) is 2.08. The molecule has 0 aromatic rings. The number of hydrogen-bond acceptors (Lipinski definition) is 2. The summed E-state index contributed by atoms with van der Waals surface area (Å²) in [5.74, 6) is 0. The van der Waals surface area contributed by atoms with Crippen molar-refractivity contribution in [2.24, 2.45) is 0 Å². The van der Waals surface area contributed by atoms with Crippen LogP contribution in [-0.2, 0) is 10.1 Å². The van der Waals surface area contributed by atoms with Gasteiger partial charge in [0.2, 0.25) is 0 Å². The van der Waals surface area contributed by atoms with Crippen molar-refractivity contribution in [3.8, 4) is 0 Å². The van der Waals surface area contributed by atoms with Gasteiger partial charge in [0.05, 0.1) is 5.25 Å². The van der Waals surface area contributed by atoms with Gasteiger partial charge in [-0.15, -0.1) is 0 Å². The molecule has 9 heavy (non-hydrogen) atoms. The van der Waals surface area contributed by atoms with Crippen molar-refractivity contribution in [3.05, 3.63) is 0 Å². The lowest BCUT2D eigenvalue weighted by molar-refractivity contribution is 0.467. The van der Waals surface area contributed by atoms with Crippen LogP contribution in [0.25, 0.3) is 0 Å². The minimum atomic E-state index is -3.70. The molecule has 0 atom stereocenters. The molecule has 1 aliphatic rings. The molecular weight excluding hydrogens is 140 g/mol. The van der Waals surface area contributed by atoms with Crippen LogP contribution < -0.4 is 0 Å². The van der Waals surface area contributed by atoms with Crippen LogP contribution >= 0.6 is 0 Å². The van der Waals surface area contributed by atoms with E-state index in [0.717, 1.165) is 12.8 Å². The monoisotopic (exact) mass is 150 g/mol. The third-order valence-corrected chi connectivity index (χ3v) is 3.04. The van der Waals surface area contributed by atoms with Gasteiger partial charge in [0.1, 0.15) is 0 Å². The highest BCUT2D eigenvalue weighted by Gasteiger charge is 2.26. The topological polar surface area (TPSA) is 54.4 Å². The molecule has 1 fully saturated rings. The minimum Gasteiger partial charge on any atom is -0.285 e. The van der Waals surface area contributed by atoms with Crippen molar-refractivity contribution in [3.63, 3.8) is 0 Å². The molecule has 54 valence electrons. The molecule has 0 aromatic carbocycles. The zero-order chi connectivity index (χ0) is 6.91. The van der Waals surface area contributed by atoms with Crippen molar-refractivity contribution in [2.45, 2.75) is 30.9 Å². The maximum absolute atomic E-state index is 10.4. The smallest absolute Gasteiger partial charge is 0.267 e. The Labute approximate surface area is 54.8 Å². The summed E-state index contributed by atoms with van der Waals surface area (Å²) in [7, 11) is -3.70. The van der Waals surface area contributed by atoms with Crippen molar-refractivity contribution >= 4 is 10.1 Å². The van der Waals surface area contributed by atoms with Gasteiger partial charge in [-0.3, -0.25) is 4.55 Å². The van der Waals surface area contributed by atoms with Gasteiger partial charge in [0.15, 0.2) is 0 Å². The van der Waals surface area contributed by atoms with Gasteiger partial charge in [-0.1, -0.05) is 12.8 Å². The molecule has 0 heterocycles. The Morgan fingerprint density at radius 2 is 1.67 bits per heavy atom. The second-order valence-corrected chi connectivity index (χ2v) is 4.12. The Balaban J connectivity index is 2.63. The van der Waals surface area contributed by atoms with Gasteiger partial charge in [-0.05, 0) is 12.8 Å². The summed E-state index contributed by atoms with van der Waals surface area (Å²) < 4.78 is 29.3. The maximum Gasteiger partial charge on any atom is 0.267 e. The molecule has 1 rings (SSSR count). The fourth-order valence-electron chi connectivity index (χ4n) is 1.19. The largest absolute Gasteiger partial charge is 0.285 e. The molecule has 1 aliphatic carbocycles. The van der Waals surface area contributed by atoms with Crippen molar-refractivity contribution in [2.75, 3.05) is 0 Å². The van der Waals surface area contributed by atoms with Crippen LogP contribution in [0.1, 0.15) is 25.7 Å². The summed E-state index contributed by atoms with van der Waals surface area (Å²) in [6, 6.07) is 0. The highest BCUT2D eigenvalue weighted by Crippen LogP contribution is 2.23. The van der Waals surface area contributed by atoms with E-state index in [1.165, 1.54) is 0 Å². The van der Waals surface area contributed by atoms with Crippen molar-refractivity contribution in [1.82, 2.24) is 0 Å². The molecule has 4 heteroatoms. The fraction of sp³-hybridized carbons (Fsp3) is 1.00. The first-order chi connectivity index (χ1) is 4.11. The Morgan fingerprint density at radius 3 is 1.89 bits per heavy atom. The van der Waals surface area contributed by atoms with E-state index in [1.54, 1.807) is 0 Å². The van der Waals surface area contributed by atoms with Crippen LogP contribution in [0.4, 0.5) is 0 Å². The van der Waals surface area contributed by atoms with Crippen molar-refractivity contribution < 1.29 is 13.0 Å². The summed E-state index contributed by atoms with van der Waals surface area (Å²) in [5, 5.41) is -0.461. The maximum atomic E-state index is 10.4. The summed E-state index contributed by atoms with van der Waals surface area (Å²) in [4.78, 5) is 0. The second kappa shape index (κ2) is 2.27. The molecule has 0 radical (unpaired) electrons. The standard InChI is InChI=1S/C5H10O3S/c6-9(7,8)5-3-1-2-4-5/h5H,1-4H2,(H,6,7,8). The highest BCUT2D eigenvalue weighted by atomic mass is 32.2. The van der Waals surface area contributed by atoms with E-state index in [0.29, 0.717) is 12.8 Å². The molecule has 0 saturated heterocycles. The normalized spacial score (nSPS) is 22.8. The molecule has 0 bridgehead atoms. The summed E-state index contributed by atoms with van der Waals surface area (Å²) in [6.45, 7) is 0. The molecule has 0 spiro atoms. The van der Waals surface area contributed by atoms with E-state index in [-0.39, 0.29) is 0 Å². The highest BCUT2D eigenvalue weighted by molar-refractivity contribution is 7.86. The predicted molar refractivity (Wildman–Crippen MR) is 33.8 cm³/mol. The summed E-state index contributed by atoms with van der Waals surface area (Å²) in [5.41, 5.74) is 0. The molecule has 1 N–H and O–H groups in total. The van der Waals surface area contributed by atoms with Gasteiger partial charge < -0.3 is 0 Å². The zero-order valence-electron chi connectivity index (χ0n) is 5.08. The predicted octanol–water partition coefficient (Wildman–Crippen LogP) is 0.817. The van der Waals surface area contributed by atoms with Crippen LogP contribution in [-0.4, -0.2) is 18.2 Å².